The topological polar surface area (TPSA) is 73.2 Å². The molecule has 32 heavy (non-hydrogen) atoms. The van der Waals surface area contributed by atoms with Crippen LogP contribution in [0.2, 0.25) is 0 Å². The van der Waals surface area contributed by atoms with E-state index in [0.717, 1.165) is 58.6 Å². The highest BCUT2D eigenvalue weighted by Gasteiger charge is 2.21. The normalized spacial score (nSPS) is 15.7. The Morgan fingerprint density at radius 3 is 2.84 bits per heavy atom. The summed E-state index contributed by atoms with van der Waals surface area (Å²) in [6.45, 7) is 3.64. The molecule has 8 heteroatoms. The quantitative estimate of drug-likeness (QED) is 0.351. The Morgan fingerprint density at radius 1 is 1.25 bits per heavy atom. The van der Waals surface area contributed by atoms with Crippen molar-refractivity contribution in [1.29, 1.82) is 0 Å². The fourth-order valence-electron chi connectivity index (χ4n) is 3.71. The molecule has 1 unspecified atom stereocenters. The predicted molar refractivity (Wildman–Crippen MR) is 128 cm³/mol. The van der Waals surface area contributed by atoms with E-state index in [1.807, 2.05) is 36.5 Å². The van der Waals surface area contributed by atoms with Crippen LogP contribution in [-0.2, 0) is 22.5 Å². The number of hydrogen-bond donors (Lipinski definition) is 1. The number of ether oxygens (including phenoxy) is 1. The number of hydrogen-bond acceptors (Lipinski definition) is 6. The summed E-state index contributed by atoms with van der Waals surface area (Å²) in [6, 6.07) is 14.1. The number of amides is 1. The number of rotatable bonds is 10. The molecular weight excluding hydrogens is 442 g/mol. The summed E-state index contributed by atoms with van der Waals surface area (Å²) < 4.78 is 8.06. The van der Waals surface area contributed by atoms with Crippen LogP contribution in [0.1, 0.15) is 34.3 Å². The molecule has 1 aromatic carbocycles. The molecule has 1 amide bonds. The molecule has 4 rings (SSSR count). The monoisotopic (exact) mass is 469 g/mol. The van der Waals surface area contributed by atoms with Crippen LogP contribution in [-0.4, -0.2) is 46.2 Å². The number of thioether (sulfide) groups is 1. The van der Waals surface area contributed by atoms with E-state index in [-0.39, 0.29) is 17.8 Å². The Kier molecular flexibility index (Phi) is 7.78. The molecule has 0 bridgehead atoms. The molecular formula is C24H27N3O3S2. The third kappa shape index (κ3) is 5.88. The molecule has 168 valence electrons. The number of carbonyl (C=O) groups is 2. The summed E-state index contributed by atoms with van der Waals surface area (Å²) in [5.41, 5.74) is 2.16. The smallest absolute Gasteiger partial charge is 0.216 e. The highest BCUT2D eigenvalue weighted by Crippen LogP contribution is 2.29. The Morgan fingerprint density at radius 2 is 2.09 bits per heavy atom. The van der Waals surface area contributed by atoms with Gasteiger partial charge in [0.05, 0.1) is 35.2 Å². The third-order valence-corrected chi connectivity index (χ3v) is 7.49. The molecule has 0 aliphatic carbocycles. The van der Waals surface area contributed by atoms with Crippen LogP contribution >= 0.6 is 23.1 Å². The molecule has 0 radical (unpaired) electrons. The van der Waals surface area contributed by atoms with Gasteiger partial charge in [0.15, 0.2) is 10.9 Å². The number of Topliss-reactive ketones (excluding diaryl/α,β-unsaturated/α-hetero) is 1. The van der Waals surface area contributed by atoms with Gasteiger partial charge in [-0.15, -0.1) is 11.3 Å². The van der Waals surface area contributed by atoms with Crippen molar-refractivity contribution >= 4 is 34.8 Å². The second-order valence-electron chi connectivity index (χ2n) is 7.75. The van der Waals surface area contributed by atoms with Crippen LogP contribution in [0.5, 0.6) is 0 Å². The van der Waals surface area contributed by atoms with Gasteiger partial charge in [0.2, 0.25) is 5.91 Å². The molecule has 0 saturated carbocycles. The van der Waals surface area contributed by atoms with Crippen molar-refractivity contribution in [2.24, 2.45) is 0 Å². The molecule has 1 saturated heterocycles. The fraction of sp³-hybridized carbons (Fsp3) is 0.375. The molecule has 1 aliphatic rings. The summed E-state index contributed by atoms with van der Waals surface area (Å²) in [5, 5.41) is 3.63. The molecule has 3 aromatic rings. The molecule has 6 nitrogen and oxygen atoms in total. The second-order valence-corrected chi connectivity index (χ2v) is 9.86. The highest BCUT2D eigenvalue weighted by atomic mass is 32.2. The first-order valence-corrected chi connectivity index (χ1v) is 12.6. The number of aromatic nitrogens is 2. The van der Waals surface area contributed by atoms with E-state index in [9.17, 15) is 9.59 Å². The van der Waals surface area contributed by atoms with Crippen LogP contribution in [0.15, 0.2) is 53.8 Å². The van der Waals surface area contributed by atoms with E-state index >= 15 is 0 Å². The third-order valence-electron chi connectivity index (χ3n) is 5.31. The number of nitrogens with zero attached hydrogens (tertiary/aromatic N) is 2. The minimum absolute atomic E-state index is 0.0392. The zero-order valence-electron chi connectivity index (χ0n) is 18.1. The van der Waals surface area contributed by atoms with Crippen molar-refractivity contribution in [3.63, 3.8) is 0 Å². The Labute approximate surface area is 196 Å². The van der Waals surface area contributed by atoms with Gasteiger partial charge in [-0.1, -0.05) is 42.1 Å². The molecule has 1 atom stereocenters. The first-order chi connectivity index (χ1) is 15.6. The van der Waals surface area contributed by atoms with Crippen LogP contribution < -0.4 is 5.32 Å². The number of carbonyl (C=O) groups excluding carboxylic acids is 2. The standard InChI is InChI=1S/C24H27N3O3S2/c1-17(28)25-12-11-20-9-10-23(32-20)22(29)16-31-24-26-14-21(18-6-3-2-4-7-18)27(24)15-19-8-5-13-30-19/h2-4,6-7,9-10,14,19H,5,8,11-13,15-16H2,1H3,(H,25,28). The van der Waals surface area contributed by atoms with Crippen LogP contribution in [0, 0.1) is 0 Å². The largest absolute Gasteiger partial charge is 0.376 e. The number of ketones is 1. The first kappa shape index (κ1) is 22.8. The summed E-state index contributed by atoms with van der Waals surface area (Å²) in [6.07, 6.45) is 4.94. The van der Waals surface area contributed by atoms with Gasteiger partial charge >= 0.3 is 0 Å². The van der Waals surface area contributed by atoms with Gasteiger partial charge in [0, 0.05) is 25.0 Å². The van der Waals surface area contributed by atoms with Gasteiger partial charge in [-0.2, -0.15) is 0 Å². The number of benzene rings is 1. The van der Waals surface area contributed by atoms with Gasteiger partial charge in [0.1, 0.15) is 0 Å². The van der Waals surface area contributed by atoms with Gasteiger partial charge < -0.3 is 14.6 Å². The van der Waals surface area contributed by atoms with Crippen molar-refractivity contribution < 1.29 is 14.3 Å². The lowest BCUT2D eigenvalue weighted by molar-refractivity contribution is -0.118. The highest BCUT2D eigenvalue weighted by molar-refractivity contribution is 7.99. The lowest BCUT2D eigenvalue weighted by Gasteiger charge is -2.16. The molecule has 1 N–H and O–H groups in total. The van der Waals surface area contributed by atoms with Crippen molar-refractivity contribution in [3.05, 3.63) is 58.4 Å². The summed E-state index contributed by atoms with van der Waals surface area (Å²) in [5.74, 6) is 0.393. The van der Waals surface area contributed by atoms with E-state index in [2.05, 4.69) is 27.0 Å². The average molecular weight is 470 g/mol. The number of nitrogens with one attached hydrogen (secondary N) is 1. The Bertz CT molecular complexity index is 1060. The van der Waals surface area contributed by atoms with Gasteiger partial charge in [-0.05, 0) is 37.0 Å². The molecule has 3 heterocycles. The van der Waals surface area contributed by atoms with E-state index in [1.54, 1.807) is 0 Å². The minimum Gasteiger partial charge on any atom is -0.376 e. The maximum atomic E-state index is 12.8. The van der Waals surface area contributed by atoms with E-state index < -0.39 is 0 Å². The van der Waals surface area contributed by atoms with Gasteiger partial charge in [-0.25, -0.2) is 4.98 Å². The first-order valence-electron chi connectivity index (χ1n) is 10.8. The van der Waals surface area contributed by atoms with Crippen molar-refractivity contribution in [2.75, 3.05) is 18.9 Å². The maximum Gasteiger partial charge on any atom is 0.216 e. The summed E-state index contributed by atoms with van der Waals surface area (Å²) >= 11 is 2.98. The number of thiophene rings is 1. The van der Waals surface area contributed by atoms with Gasteiger partial charge in [-0.3, -0.25) is 9.59 Å². The minimum atomic E-state index is -0.0392. The van der Waals surface area contributed by atoms with Crippen molar-refractivity contribution in [1.82, 2.24) is 14.9 Å². The van der Waals surface area contributed by atoms with E-state index in [4.69, 9.17) is 4.74 Å². The second kappa shape index (κ2) is 10.9. The molecule has 1 fully saturated rings. The lowest BCUT2D eigenvalue weighted by atomic mass is 10.1. The van der Waals surface area contributed by atoms with Crippen molar-refractivity contribution in [2.45, 2.75) is 44.0 Å². The maximum absolute atomic E-state index is 12.8. The summed E-state index contributed by atoms with van der Waals surface area (Å²) in [4.78, 5) is 30.3. The fourth-order valence-corrected chi connectivity index (χ4v) is 5.61. The Hall–Kier alpha value is -2.42. The van der Waals surface area contributed by atoms with Crippen LogP contribution in [0.3, 0.4) is 0 Å². The average Bonchev–Trinajstić information content (AvgIpc) is 3.55. The molecule has 2 aromatic heterocycles. The lowest BCUT2D eigenvalue weighted by Crippen LogP contribution is -2.22. The Balaban J connectivity index is 1.43. The van der Waals surface area contributed by atoms with Crippen molar-refractivity contribution in [3.8, 4) is 11.3 Å². The van der Waals surface area contributed by atoms with E-state index in [0.29, 0.717) is 12.3 Å². The molecule has 1 aliphatic heterocycles. The zero-order chi connectivity index (χ0) is 22.3. The SMILES string of the molecule is CC(=O)NCCc1ccc(C(=O)CSc2ncc(-c3ccccc3)n2CC2CCCO2)s1. The van der Waals surface area contributed by atoms with E-state index in [1.165, 1.54) is 30.0 Å². The molecule has 0 spiro atoms. The van der Waals surface area contributed by atoms with Gasteiger partial charge in [0.25, 0.3) is 0 Å². The van der Waals surface area contributed by atoms with Crippen LogP contribution in [0.4, 0.5) is 0 Å². The number of imidazole rings is 1. The zero-order valence-corrected chi connectivity index (χ0v) is 19.7. The van der Waals surface area contributed by atoms with Crippen LogP contribution in [0.25, 0.3) is 11.3 Å². The predicted octanol–water partition coefficient (Wildman–Crippen LogP) is 4.44. The summed E-state index contributed by atoms with van der Waals surface area (Å²) in [7, 11) is 0.